The maximum absolute atomic E-state index is 13.4. The number of ether oxygens (including phenoxy) is 3. The van der Waals surface area contributed by atoms with Gasteiger partial charge in [-0.15, -0.1) is 11.3 Å². The number of amides is 1. The fraction of sp³-hybridized carbons (Fsp3) is 0.259. The highest BCUT2D eigenvalue weighted by molar-refractivity contribution is 7.09. The van der Waals surface area contributed by atoms with E-state index in [4.69, 9.17) is 14.2 Å². The Labute approximate surface area is 208 Å². The molecule has 7 nitrogen and oxygen atoms in total. The second-order valence-electron chi connectivity index (χ2n) is 8.28. The summed E-state index contributed by atoms with van der Waals surface area (Å²) in [5.41, 5.74) is 0.905. The number of para-hydroxylation sites is 1. The monoisotopic (exact) mass is 493 g/mol. The number of likely N-dealkylation sites (tertiary alicyclic amines) is 1. The van der Waals surface area contributed by atoms with E-state index >= 15 is 0 Å². The van der Waals surface area contributed by atoms with Crippen molar-refractivity contribution >= 4 is 28.8 Å². The standard InChI is InChI=1S/C27H27NO6S/c1-16(2)34-18-9-5-8-17(14-18)24(29)22-23(20-11-6-12-21(32-3)26(20)33-4)28(27(31)25(22)30)15-19-10-7-13-35-19/h5-14,16,23,29H,15H2,1-4H3/b24-22+. The molecule has 182 valence electrons. The molecule has 1 saturated heterocycles. The van der Waals surface area contributed by atoms with E-state index in [0.717, 1.165) is 4.88 Å². The van der Waals surface area contributed by atoms with Crippen LogP contribution in [0.25, 0.3) is 5.76 Å². The maximum atomic E-state index is 13.4. The number of rotatable bonds is 8. The molecule has 2 aromatic carbocycles. The molecule has 1 N–H and O–H groups in total. The molecular formula is C27H27NO6S. The largest absolute Gasteiger partial charge is 0.507 e. The normalized spacial score (nSPS) is 17.2. The van der Waals surface area contributed by atoms with Crippen LogP contribution in [0.5, 0.6) is 17.2 Å². The molecule has 0 aliphatic carbocycles. The number of thiophene rings is 1. The summed E-state index contributed by atoms with van der Waals surface area (Å²) in [7, 11) is 3.02. The van der Waals surface area contributed by atoms with Crippen molar-refractivity contribution in [3.05, 3.63) is 81.6 Å². The third-order valence-electron chi connectivity index (χ3n) is 5.65. The van der Waals surface area contributed by atoms with E-state index in [9.17, 15) is 14.7 Å². The fourth-order valence-corrected chi connectivity index (χ4v) is 4.91. The van der Waals surface area contributed by atoms with Gasteiger partial charge in [-0.2, -0.15) is 0 Å². The van der Waals surface area contributed by atoms with Crippen molar-refractivity contribution in [2.24, 2.45) is 0 Å². The molecule has 1 aliphatic rings. The summed E-state index contributed by atoms with van der Waals surface area (Å²) in [6, 6.07) is 15.0. The van der Waals surface area contributed by atoms with Crippen LogP contribution in [0.3, 0.4) is 0 Å². The summed E-state index contributed by atoms with van der Waals surface area (Å²) in [4.78, 5) is 29.0. The average molecular weight is 494 g/mol. The van der Waals surface area contributed by atoms with Crippen molar-refractivity contribution in [2.45, 2.75) is 32.5 Å². The lowest BCUT2D eigenvalue weighted by Gasteiger charge is -2.27. The third kappa shape index (κ3) is 4.74. The Kier molecular flexibility index (Phi) is 7.12. The van der Waals surface area contributed by atoms with Gasteiger partial charge < -0.3 is 24.2 Å². The summed E-state index contributed by atoms with van der Waals surface area (Å²) in [5.74, 6) is -0.332. The van der Waals surface area contributed by atoms with Gasteiger partial charge in [0.05, 0.1) is 38.5 Å². The number of carbonyl (C=O) groups is 2. The molecule has 1 amide bonds. The maximum Gasteiger partial charge on any atom is 0.295 e. The van der Waals surface area contributed by atoms with E-state index in [1.165, 1.54) is 30.5 Å². The number of Topliss-reactive ketones (excluding diaryl/α,β-unsaturated/α-hetero) is 1. The summed E-state index contributed by atoms with van der Waals surface area (Å²) < 4.78 is 16.8. The molecule has 2 heterocycles. The number of aliphatic hydroxyl groups is 1. The first-order chi connectivity index (χ1) is 16.8. The summed E-state index contributed by atoms with van der Waals surface area (Å²) in [6.45, 7) is 4.01. The highest BCUT2D eigenvalue weighted by Gasteiger charge is 2.47. The Morgan fingerprint density at radius 1 is 1.06 bits per heavy atom. The zero-order chi connectivity index (χ0) is 25.1. The Balaban J connectivity index is 1.91. The molecule has 0 saturated carbocycles. The molecule has 1 unspecified atom stereocenters. The van der Waals surface area contributed by atoms with Crippen LogP contribution in [-0.4, -0.2) is 42.0 Å². The van der Waals surface area contributed by atoms with Gasteiger partial charge in [0.2, 0.25) is 0 Å². The van der Waals surface area contributed by atoms with Gasteiger partial charge in [0, 0.05) is 16.0 Å². The van der Waals surface area contributed by atoms with Crippen molar-refractivity contribution in [1.29, 1.82) is 0 Å². The molecule has 0 spiro atoms. The minimum atomic E-state index is -0.878. The van der Waals surface area contributed by atoms with Crippen molar-refractivity contribution < 1.29 is 28.9 Å². The number of benzene rings is 2. The van der Waals surface area contributed by atoms with Crippen LogP contribution >= 0.6 is 11.3 Å². The van der Waals surface area contributed by atoms with Crippen molar-refractivity contribution in [3.8, 4) is 17.2 Å². The van der Waals surface area contributed by atoms with Gasteiger partial charge in [0.1, 0.15) is 11.5 Å². The van der Waals surface area contributed by atoms with Gasteiger partial charge >= 0.3 is 0 Å². The molecule has 1 fully saturated rings. The summed E-state index contributed by atoms with van der Waals surface area (Å²) in [5, 5.41) is 13.3. The average Bonchev–Trinajstić information content (AvgIpc) is 3.45. The van der Waals surface area contributed by atoms with Gasteiger partial charge in [0.15, 0.2) is 11.5 Å². The van der Waals surface area contributed by atoms with E-state index < -0.39 is 17.7 Å². The number of hydrogen-bond donors (Lipinski definition) is 1. The Hall–Kier alpha value is -3.78. The van der Waals surface area contributed by atoms with Crippen molar-refractivity contribution in [2.75, 3.05) is 14.2 Å². The lowest BCUT2D eigenvalue weighted by atomic mass is 9.94. The van der Waals surface area contributed by atoms with Crippen molar-refractivity contribution in [1.82, 2.24) is 4.90 Å². The third-order valence-corrected chi connectivity index (χ3v) is 6.51. The number of ketones is 1. The van der Waals surface area contributed by atoms with Gasteiger partial charge in [-0.25, -0.2) is 0 Å². The van der Waals surface area contributed by atoms with Gasteiger partial charge in [-0.1, -0.05) is 30.3 Å². The molecule has 1 atom stereocenters. The number of methoxy groups -OCH3 is 2. The highest BCUT2D eigenvalue weighted by atomic mass is 32.1. The Morgan fingerprint density at radius 2 is 1.83 bits per heavy atom. The molecule has 0 radical (unpaired) electrons. The van der Waals surface area contributed by atoms with Crippen LogP contribution in [0.2, 0.25) is 0 Å². The van der Waals surface area contributed by atoms with Gasteiger partial charge in [-0.05, 0) is 43.5 Å². The minimum Gasteiger partial charge on any atom is -0.507 e. The highest BCUT2D eigenvalue weighted by Crippen LogP contribution is 2.46. The zero-order valence-corrected chi connectivity index (χ0v) is 20.8. The SMILES string of the molecule is COc1cccc(C2/C(=C(\O)c3cccc(OC(C)C)c3)C(=O)C(=O)N2Cc2cccs2)c1OC. The molecule has 1 aromatic heterocycles. The van der Waals surface area contributed by atoms with E-state index in [1.54, 1.807) is 42.5 Å². The van der Waals surface area contributed by atoms with E-state index in [2.05, 4.69) is 0 Å². The second-order valence-corrected chi connectivity index (χ2v) is 9.32. The molecular weight excluding hydrogens is 466 g/mol. The molecule has 8 heteroatoms. The first kappa shape index (κ1) is 24.3. The van der Waals surface area contributed by atoms with E-state index in [1.807, 2.05) is 31.4 Å². The smallest absolute Gasteiger partial charge is 0.295 e. The van der Waals surface area contributed by atoms with E-state index in [0.29, 0.717) is 28.4 Å². The van der Waals surface area contributed by atoms with E-state index in [-0.39, 0.29) is 24.0 Å². The Bertz CT molecular complexity index is 1260. The molecule has 4 rings (SSSR count). The van der Waals surface area contributed by atoms with Crippen LogP contribution in [0.1, 0.15) is 35.9 Å². The molecule has 3 aromatic rings. The first-order valence-electron chi connectivity index (χ1n) is 11.1. The lowest BCUT2D eigenvalue weighted by molar-refractivity contribution is -0.140. The van der Waals surface area contributed by atoms with Crippen LogP contribution in [0.15, 0.2) is 65.6 Å². The number of hydrogen-bond acceptors (Lipinski definition) is 7. The topological polar surface area (TPSA) is 85.3 Å². The van der Waals surface area contributed by atoms with Crippen LogP contribution in [-0.2, 0) is 16.1 Å². The first-order valence-corrected chi connectivity index (χ1v) is 12.0. The second kappa shape index (κ2) is 10.2. The minimum absolute atomic E-state index is 0.0141. The van der Waals surface area contributed by atoms with Crippen LogP contribution in [0.4, 0.5) is 0 Å². The predicted molar refractivity (Wildman–Crippen MR) is 134 cm³/mol. The van der Waals surface area contributed by atoms with Gasteiger partial charge in [0.25, 0.3) is 11.7 Å². The predicted octanol–water partition coefficient (Wildman–Crippen LogP) is 5.17. The van der Waals surface area contributed by atoms with Crippen molar-refractivity contribution in [3.63, 3.8) is 0 Å². The fourth-order valence-electron chi connectivity index (χ4n) is 4.21. The van der Waals surface area contributed by atoms with Crippen LogP contribution in [0, 0.1) is 0 Å². The number of nitrogens with zero attached hydrogens (tertiary/aromatic N) is 1. The zero-order valence-electron chi connectivity index (χ0n) is 20.0. The summed E-state index contributed by atoms with van der Waals surface area (Å²) >= 11 is 1.49. The summed E-state index contributed by atoms with van der Waals surface area (Å²) in [6.07, 6.45) is -0.0650. The molecule has 0 bridgehead atoms. The van der Waals surface area contributed by atoms with Crippen LogP contribution < -0.4 is 14.2 Å². The van der Waals surface area contributed by atoms with Gasteiger partial charge in [-0.3, -0.25) is 9.59 Å². The molecule has 35 heavy (non-hydrogen) atoms. The quantitative estimate of drug-likeness (QED) is 0.265. The molecule has 1 aliphatic heterocycles. The lowest BCUT2D eigenvalue weighted by Crippen LogP contribution is -2.29. The number of aliphatic hydroxyl groups excluding tert-OH is 1. The Morgan fingerprint density at radius 3 is 2.49 bits per heavy atom. The number of carbonyl (C=O) groups excluding carboxylic acids is 2.